The highest BCUT2D eigenvalue weighted by Crippen LogP contribution is 2.61. The lowest BCUT2D eigenvalue weighted by atomic mass is 9.89. The lowest BCUT2D eigenvalue weighted by Gasteiger charge is -2.35. The van der Waals surface area contributed by atoms with E-state index in [4.69, 9.17) is 16.3 Å². The van der Waals surface area contributed by atoms with Gasteiger partial charge in [-0.3, -0.25) is 9.59 Å². The van der Waals surface area contributed by atoms with E-state index in [0.717, 1.165) is 49.4 Å². The third kappa shape index (κ3) is 5.58. The van der Waals surface area contributed by atoms with E-state index in [-0.39, 0.29) is 34.7 Å². The van der Waals surface area contributed by atoms with E-state index in [0.29, 0.717) is 17.8 Å². The number of rotatable bonds is 8. The number of alkyl halides is 3. The molecule has 0 radical (unpaired) electrons. The van der Waals surface area contributed by atoms with Crippen molar-refractivity contribution in [2.45, 2.75) is 37.5 Å². The fraction of sp³-hybridized carbons (Fsp3) is 0.536. The minimum absolute atomic E-state index is 0.0815. The second-order valence-electron chi connectivity index (χ2n) is 10.9. The summed E-state index contributed by atoms with van der Waals surface area (Å²) in [6.07, 6.45) is -1.98. The number of anilines is 1. The van der Waals surface area contributed by atoms with Crippen molar-refractivity contribution in [3.63, 3.8) is 0 Å². The predicted octanol–water partition coefficient (Wildman–Crippen LogP) is 4.35. The molecular weight excluding hydrogens is 549 g/mol. The van der Waals surface area contributed by atoms with Gasteiger partial charge in [0, 0.05) is 46.3 Å². The molecule has 2 aromatic rings. The molecule has 40 heavy (non-hydrogen) atoms. The van der Waals surface area contributed by atoms with Gasteiger partial charge in [-0.1, -0.05) is 23.7 Å². The van der Waals surface area contributed by atoms with Crippen LogP contribution >= 0.6 is 11.6 Å². The Bertz CT molecular complexity index is 1270. The van der Waals surface area contributed by atoms with Crippen LogP contribution in [0, 0.1) is 11.3 Å². The van der Waals surface area contributed by atoms with Gasteiger partial charge in [-0.25, -0.2) is 4.98 Å². The van der Waals surface area contributed by atoms with Gasteiger partial charge in [0.05, 0.1) is 12.7 Å². The summed E-state index contributed by atoms with van der Waals surface area (Å²) >= 11 is 6.28. The quantitative estimate of drug-likeness (QED) is 0.466. The third-order valence-electron chi connectivity index (χ3n) is 8.28. The largest absolute Gasteiger partial charge is 0.497 e. The molecule has 8 nitrogen and oxygen atoms in total. The molecule has 1 aliphatic carbocycles. The number of pyridine rings is 1. The van der Waals surface area contributed by atoms with Crippen LogP contribution in [0.5, 0.6) is 5.75 Å². The van der Waals surface area contributed by atoms with E-state index in [2.05, 4.69) is 9.88 Å². The Morgan fingerprint density at radius 1 is 1.18 bits per heavy atom. The molecule has 1 aromatic heterocycles. The topological polar surface area (TPSA) is 86.2 Å². The fourth-order valence-corrected chi connectivity index (χ4v) is 5.85. The number of aliphatic hydroxyl groups is 1. The first-order chi connectivity index (χ1) is 18.7. The first-order valence-corrected chi connectivity index (χ1v) is 13.4. The summed E-state index contributed by atoms with van der Waals surface area (Å²) in [4.78, 5) is 34.2. The summed E-state index contributed by atoms with van der Waals surface area (Å²) in [5, 5.41) is 10.9. The number of carbonyl (C=O) groups is 2. The number of ether oxygens (including phenoxy) is 1. The Labute approximate surface area is 236 Å². The summed E-state index contributed by atoms with van der Waals surface area (Å²) in [5.41, 5.74) is -3.84. The molecule has 2 heterocycles. The zero-order valence-electron chi connectivity index (χ0n) is 23.0. The van der Waals surface area contributed by atoms with Crippen LogP contribution in [-0.2, 0) is 10.4 Å². The van der Waals surface area contributed by atoms with E-state index in [9.17, 15) is 27.9 Å². The van der Waals surface area contributed by atoms with E-state index in [1.54, 1.807) is 26.2 Å². The molecule has 1 aromatic carbocycles. The average molecular weight is 583 g/mol. The number of likely N-dealkylation sites (N-methyl/N-ethyl adjacent to an activating group) is 1. The SMILES string of the molecule is COc1cccc(C(O)(C(=O)N(C)CCC2CC23CCN(c2ccc(C(=O)N(C)C)c(Cl)n2)CC3)C(F)(F)F)c1. The summed E-state index contributed by atoms with van der Waals surface area (Å²) in [5.74, 6) is -0.559. The van der Waals surface area contributed by atoms with E-state index >= 15 is 0 Å². The molecule has 4 rings (SSSR count). The van der Waals surface area contributed by atoms with E-state index in [1.165, 1.54) is 31.2 Å². The van der Waals surface area contributed by atoms with Crippen LogP contribution in [0.3, 0.4) is 0 Å². The second-order valence-corrected chi connectivity index (χ2v) is 11.3. The highest BCUT2D eigenvalue weighted by atomic mass is 35.5. The van der Waals surface area contributed by atoms with Crippen molar-refractivity contribution < 1.29 is 32.6 Å². The number of halogens is 4. The zero-order valence-corrected chi connectivity index (χ0v) is 23.7. The van der Waals surface area contributed by atoms with Gasteiger partial charge in [-0.05, 0) is 61.3 Å². The Balaban J connectivity index is 1.35. The normalized spacial score (nSPS) is 19.6. The maximum absolute atomic E-state index is 14.1. The molecule has 1 saturated heterocycles. The van der Waals surface area contributed by atoms with Gasteiger partial charge in [0.1, 0.15) is 16.7 Å². The number of hydrogen-bond acceptors (Lipinski definition) is 6. The number of hydrogen-bond donors (Lipinski definition) is 1. The predicted molar refractivity (Wildman–Crippen MR) is 144 cm³/mol. The number of carbonyl (C=O) groups excluding carboxylic acids is 2. The molecule has 2 atom stereocenters. The van der Waals surface area contributed by atoms with Gasteiger partial charge in [-0.15, -0.1) is 0 Å². The number of benzene rings is 1. The monoisotopic (exact) mass is 582 g/mol. The van der Waals surface area contributed by atoms with Crippen LogP contribution in [0.4, 0.5) is 19.0 Å². The van der Waals surface area contributed by atoms with Gasteiger partial charge in [0.2, 0.25) is 0 Å². The molecule has 2 amide bonds. The zero-order chi connectivity index (χ0) is 29.5. The molecule has 2 aliphatic rings. The number of piperidine rings is 1. The number of aromatic nitrogens is 1. The third-order valence-corrected chi connectivity index (χ3v) is 8.57. The van der Waals surface area contributed by atoms with Crippen molar-refractivity contribution in [1.29, 1.82) is 0 Å². The van der Waals surface area contributed by atoms with Crippen LogP contribution in [0.1, 0.15) is 41.6 Å². The molecule has 1 N–H and O–H groups in total. The Morgan fingerprint density at radius 2 is 1.85 bits per heavy atom. The smallest absolute Gasteiger partial charge is 0.430 e. The van der Waals surface area contributed by atoms with Crippen molar-refractivity contribution in [3.05, 3.63) is 52.7 Å². The van der Waals surface area contributed by atoms with Crippen LogP contribution in [-0.4, -0.2) is 85.8 Å². The maximum atomic E-state index is 14.1. The van der Waals surface area contributed by atoms with Crippen molar-refractivity contribution in [2.75, 3.05) is 52.8 Å². The van der Waals surface area contributed by atoms with Gasteiger partial charge in [-0.2, -0.15) is 13.2 Å². The molecule has 218 valence electrons. The van der Waals surface area contributed by atoms with E-state index < -0.39 is 23.2 Å². The molecule has 12 heteroatoms. The van der Waals surface area contributed by atoms with Gasteiger partial charge in [0.15, 0.2) is 0 Å². The second kappa shape index (κ2) is 11.1. The Hall–Kier alpha value is -3.05. The maximum Gasteiger partial charge on any atom is 0.430 e. The summed E-state index contributed by atoms with van der Waals surface area (Å²) in [7, 11) is 5.88. The molecule has 2 fully saturated rings. The van der Waals surface area contributed by atoms with Gasteiger partial charge in [0.25, 0.3) is 17.4 Å². The lowest BCUT2D eigenvalue weighted by Crippen LogP contribution is -2.55. The molecule has 1 saturated carbocycles. The minimum Gasteiger partial charge on any atom is -0.497 e. The van der Waals surface area contributed by atoms with E-state index in [1.807, 2.05) is 0 Å². The first-order valence-electron chi connectivity index (χ1n) is 13.1. The molecule has 1 aliphatic heterocycles. The Kier molecular flexibility index (Phi) is 8.29. The molecular formula is C28H34ClF3N4O4. The van der Waals surface area contributed by atoms with Crippen LogP contribution in [0.15, 0.2) is 36.4 Å². The number of methoxy groups -OCH3 is 1. The van der Waals surface area contributed by atoms with Crippen LogP contribution in [0.25, 0.3) is 0 Å². The van der Waals surface area contributed by atoms with Crippen LogP contribution in [0.2, 0.25) is 5.15 Å². The summed E-state index contributed by atoms with van der Waals surface area (Å²) in [6.45, 7) is 1.56. The van der Waals surface area contributed by atoms with Crippen molar-refractivity contribution in [3.8, 4) is 5.75 Å². The van der Waals surface area contributed by atoms with Gasteiger partial charge < -0.3 is 24.5 Å². The molecule has 2 unspecified atom stereocenters. The molecule has 1 spiro atoms. The standard InChI is InChI=1S/C28H34ClF3N4O4/c1-34(2)24(37)21-8-9-22(33-23(21)29)36-14-11-26(12-15-36)17-19(26)10-13-35(3)25(38)27(39,28(30,31)32)18-6-5-7-20(16-18)40-4/h5-9,16,19,39H,10-15,17H2,1-4H3. The fourth-order valence-electron chi connectivity index (χ4n) is 5.62. The minimum atomic E-state index is -5.22. The number of amides is 2. The highest BCUT2D eigenvalue weighted by molar-refractivity contribution is 6.32. The highest BCUT2D eigenvalue weighted by Gasteiger charge is 2.62. The van der Waals surface area contributed by atoms with Crippen LogP contribution < -0.4 is 9.64 Å². The van der Waals surface area contributed by atoms with Crippen molar-refractivity contribution in [1.82, 2.24) is 14.8 Å². The van der Waals surface area contributed by atoms with Gasteiger partial charge >= 0.3 is 6.18 Å². The number of nitrogens with zero attached hydrogens (tertiary/aromatic N) is 4. The lowest BCUT2D eigenvalue weighted by molar-refractivity contribution is -0.261. The molecule has 0 bridgehead atoms. The summed E-state index contributed by atoms with van der Waals surface area (Å²) in [6, 6.07) is 8.31. The first kappa shape index (κ1) is 29.9. The van der Waals surface area contributed by atoms with Crippen molar-refractivity contribution in [2.24, 2.45) is 11.3 Å². The Morgan fingerprint density at radius 3 is 2.42 bits per heavy atom. The van der Waals surface area contributed by atoms with Crippen molar-refractivity contribution >= 4 is 29.2 Å². The average Bonchev–Trinajstić information content (AvgIpc) is 3.60. The summed E-state index contributed by atoms with van der Waals surface area (Å²) < 4.78 is 47.2.